The van der Waals surface area contributed by atoms with Crippen LogP contribution in [-0.2, 0) is 22.1 Å². The number of nitrogens with zero attached hydrogens (tertiary/aromatic N) is 2. The summed E-state index contributed by atoms with van der Waals surface area (Å²) >= 11 is 1.38. The summed E-state index contributed by atoms with van der Waals surface area (Å²) < 4.78 is 50.9. The molecule has 1 aliphatic heterocycles. The molecule has 3 aromatic rings. The zero-order valence-electron chi connectivity index (χ0n) is 18.5. The molecule has 4 rings (SSSR count). The van der Waals surface area contributed by atoms with Crippen molar-refractivity contribution in [2.24, 2.45) is 0 Å². The molecule has 0 bridgehead atoms. The highest BCUT2D eigenvalue weighted by atomic mass is 32.1. The molecule has 1 aromatic heterocycles. The molecule has 2 aromatic carbocycles. The normalized spacial score (nSPS) is 14.2. The van der Waals surface area contributed by atoms with Crippen molar-refractivity contribution in [1.82, 2.24) is 4.98 Å². The van der Waals surface area contributed by atoms with Gasteiger partial charge < -0.3 is 19.7 Å². The average Bonchev–Trinajstić information content (AvgIpc) is 3.27. The highest BCUT2D eigenvalue weighted by molar-refractivity contribution is 7.13. The number of thiazole rings is 1. The molecule has 1 saturated heterocycles. The van der Waals surface area contributed by atoms with E-state index in [0.717, 1.165) is 17.7 Å². The Bertz CT molecular complexity index is 1140. The number of aromatic nitrogens is 1. The smallest absolute Gasteiger partial charge is 0.416 e. The number of para-hydroxylation sites is 1. The summed E-state index contributed by atoms with van der Waals surface area (Å²) in [6.07, 6.45) is -4.58. The second-order valence-electron chi connectivity index (χ2n) is 7.63. The summed E-state index contributed by atoms with van der Waals surface area (Å²) in [6, 6.07) is 10.9. The van der Waals surface area contributed by atoms with Gasteiger partial charge in [0.2, 0.25) is 5.91 Å². The van der Waals surface area contributed by atoms with E-state index in [1.165, 1.54) is 17.4 Å². The van der Waals surface area contributed by atoms with Gasteiger partial charge in [-0.15, -0.1) is 11.3 Å². The Hall–Kier alpha value is -3.11. The van der Waals surface area contributed by atoms with E-state index in [1.54, 1.807) is 5.38 Å². The van der Waals surface area contributed by atoms with Gasteiger partial charge in [0.05, 0.1) is 54.4 Å². The molecule has 1 aliphatic rings. The van der Waals surface area contributed by atoms with Crippen LogP contribution in [-0.4, -0.2) is 43.8 Å². The minimum Gasteiger partial charge on any atom is -0.493 e. The van der Waals surface area contributed by atoms with E-state index < -0.39 is 17.6 Å². The lowest BCUT2D eigenvalue weighted by Crippen LogP contribution is -2.37. The lowest BCUT2D eigenvalue weighted by Gasteiger charge is -2.31. The summed E-state index contributed by atoms with van der Waals surface area (Å²) in [7, 11) is 0. The van der Waals surface area contributed by atoms with Crippen LogP contribution >= 0.6 is 11.3 Å². The van der Waals surface area contributed by atoms with E-state index in [0.29, 0.717) is 55.0 Å². The number of benzene rings is 2. The first-order chi connectivity index (χ1) is 16.3. The van der Waals surface area contributed by atoms with Crippen LogP contribution in [0.3, 0.4) is 0 Å². The number of hydrogen-bond acceptors (Lipinski definition) is 6. The first-order valence-corrected chi connectivity index (χ1v) is 11.7. The minimum atomic E-state index is -4.51. The fraction of sp³-hybridized carbons (Fsp3) is 0.333. The average molecular weight is 492 g/mol. The van der Waals surface area contributed by atoms with Gasteiger partial charge in [-0.25, -0.2) is 4.98 Å². The lowest BCUT2D eigenvalue weighted by molar-refractivity contribution is -0.137. The number of carbonyl (C=O) groups is 1. The zero-order valence-corrected chi connectivity index (χ0v) is 19.3. The van der Waals surface area contributed by atoms with Crippen LogP contribution in [0.15, 0.2) is 47.8 Å². The Kier molecular flexibility index (Phi) is 7.38. The van der Waals surface area contributed by atoms with Crippen molar-refractivity contribution in [1.29, 1.82) is 0 Å². The van der Waals surface area contributed by atoms with Crippen molar-refractivity contribution in [3.8, 4) is 16.3 Å². The largest absolute Gasteiger partial charge is 0.493 e. The third-order valence-corrected chi connectivity index (χ3v) is 6.18. The maximum absolute atomic E-state index is 13.3. The van der Waals surface area contributed by atoms with Crippen LogP contribution in [0, 0.1) is 0 Å². The Morgan fingerprint density at radius 1 is 1.21 bits per heavy atom. The number of rotatable bonds is 7. The number of amides is 1. The molecule has 0 radical (unpaired) electrons. The topological polar surface area (TPSA) is 63.7 Å². The molecule has 1 N–H and O–H groups in total. The number of hydrogen-bond donors (Lipinski definition) is 1. The second kappa shape index (κ2) is 10.4. The number of halogens is 3. The van der Waals surface area contributed by atoms with Gasteiger partial charge >= 0.3 is 6.18 Å². The van der Waals surface area contributed by atoms with Gasteiger partial charge in [0.15, 0.2) is 0 Å². The number of nitrogens with one attached hydrogen (secondary N) is 1. The van der Waals surface area contributed by atoms with Crippen molar-refractivity contribution < 1.29 is 27.4 Å². The number of alkyl halides is 3. The Morgan fingerprint density at radius 2 is 1.97 bits per heavy atom. The van der Waals surface area contributed by atoms with Crippen LogP contribution in [0.25, 0.3) is 10.6 Å². The molecule has 1 fully saturated rings. The van der Waals surface area contributed by atoms with Crippen LogP contribution in [0.2, 0.25) is 0 Å². The van der Waals surface area contributed by atoms with E-state index in [4.69, 9.17) is 9.47 Å². The third-order valence-electron chi connectivity index (χ3n) is 5.26. The molecular weight excluding hydrogens is 467 g/mol. The molecule has 0 spiro atoms. The fourth-order valence-electron chi connectivity index (χ4n) is 3.69. The number of anilines is 2. The van der Waals surface area contributed by atoms with Crippen LogP contribution < -0.4 is 15.0 Å². The second-order valence-corrected chi connectivity index (χ2v) is 8.49. The summed E-state index contributed by atoms with van der Waals surface area (Å²) in [6.45, 7) is 4.41. The van der Waals surface area contributed by atoms with Crippen molar-refractivity contribution in [2.45, 2.75) is 19.5 Å². The zero-order chi connectivity index (χ0) is 24.1. The molecule has 2 heterocycles. The Morgan fingerprint density at radius 3 is 2.71 bits per heavy atom. The SMILES string of the molecule is CCOc1ccccc1-c1nc(CC(=O)Nc2cc(C(F)(F)F)ccc2N2CCOCC2)cs1. The Balaban J connectivity index is 1.53. The molecular formula is C24H24F3N3O3S. The molecule has 1 amide bonds. The first-order valence-electron chi connectivity index (χ1n) is 10.9. The third kappa shape index (κ3) is 5.68. The van der Waals surface area contributed by atoms with E-state index in [2.05, 4.69) is 10.3 Å². The number of morpholine rings is 1. The molecule has 180 valence electrons. The monoisotopic (exact) mass is 491 g/mol. The van der Waals surface area contributed by atoms with Gasteiger partial charge in [0.1, 0.15) is 10.8 Å². The van der Waals surface area contributed by atoms with Gasteiger partial charge in [0.25, 0.3) is 0 Å². The maximum atomic E-state index is 13.3. The fourth-order valence-corrected chi connectivity index (χ4v) is 4.54. The van der Waals surface area contributed by atoms with E-state index in [9.17, 15) is 18.0 Å². The summed E-state index contributed by atoms with van der Waals surface area (Å²) in [5.41, 5.74) is 1.20. The Labute approximate surface area is 199 Å². The van der Waals surface area contributed by atoms with Crippen molar-refractivity contribution >= 4 is 28.6 Å². The molecule has 10 heteroatoms. The highest BCUT2D eigenvalue weighted by Crippen LogP contribution is 2.36. The predicted molar refractivity (Wildman–Crippen MR) is 126 cm³/mol. The van der Waals surface area contributed by atoms with Gasteiger partial charge in [0, 0.05) is 18.5 Å². The van der Waals surface area contributed by atoms with Gasteiger partial charge in [-0.3, -0.25) is 4.79 Å². The van der Waals surface area contributed by atoms with Crippen LogP contribution in [0.4, 0.5) is 24.5 Å². The highest BCUT2D eigenvalue weighted by Gasteiger charge is 2.32. The lowest BCUT2D eigenvalue weighted by atomic mass is 10.1. The molecule has 0 aliphatic carbocycles. The number of ether oxygens (including phenoxy) is 2. The summed E-state index contributed by atoms with van der Waals surface area (Å²) in [5.74, 6) is 0.262. The van der Waals surface area contributed by atoms with E-state index in [-0.39, 0.29) is 12.1 Å². The predicted octanol–water partition coefficient (Wildman–Crippen LogP) is 5.25. The summed E-state index contributed by atoms with van der Waals surface area (Å²) in [4.78, 5) is 19.2. The van der Waals surface area contributed by atoms with Gasteiger partial charge in [-0.1, -0.05) is 12.1 Å². The van der Waals surface area contributed by atoms with Gasteiger partial charge in [-0.05, 0) is 37.3 Å². The van der Waals surface area contributed by atoms with Crippen molar-refractivity contribution in [3.05, 3.63) is 59.1 Å². The van der Waals surface area contributed by atoms with E-state index in [1.807, 2.05) is 36.1 Å². The first kappa shape index (κ1) is 24.0. The number of carbonyl (C=O) groups excluding carboxylic acids is 1. The minimum absolute atomic E-state index is 0.0634. The maximum Gasteiger partial charge on any atom is 0.416 e. The van der Waals surface area contributed by atoms with Gasteiger partial charge in [-0.2, -0.15) is 13.2 Å². The molecule has 0 saturated carbocycles. The van der Waals surface area contributed by atoms with Crippen LogP contribution in [0.5, 0.6) is 5.75 Å². The van der Waals surface area contributed by atoms with E-state index >= 15 is 0 Å². The molecule has 34 heavy (non-hydrogen) atoms. The van der Waals surface area contributed by atoms with Crippen molar-refractivity contribution in [3.63, 3.8) is 0 Å². The van der Waals surface area contributed by atoms with Crippen molar-refractivity contribution in [2.75, 3.05) is 43.1 Å². The van der Waals surface area contributed by atoms with Crippen LogP contribution in [0.1, 0.15) is 18.2 Å². The summed E-state index contributed by atoms with van der Waals surface area (Å²) in [5, 5.41) is 5.15. The quantitative estimate of drug-likeness (QED) is 0.490. The standard InChI is InChI=1S/C24H24F3N3O3S/c1-2-33-21-6-4-3-5-18(21)23-28-17(15-34-23)14-22(31)29-19-13-16(24(25,26)27)7-8-20(19)30-9-11-32-12-10-30/h3-8,13,15H,2,9-12,14H2,1H3,(H,29,31). The molecule has 0 unspecified atom stereocenters. The molecule has 6 nitrogen and oxygen atoms in total. The molecule has 0 atom stereocenters.